The molecule has 8 nitrogen and oxygen atoms in total. The van der Waals surface area contributed by atoms with Gasteiger partial charge < -0.3 is 15.1 Å². The predicted molar refractivity (Wildman–Crippen MR) is 133 cm³/mol. The highest BCUT2D eigenvalue weighted by atomic mass is 16.4. The average Bonchev–Trinajstić information content (AvgIpc) is 2.85. The second-order valence-electron chi connectivity index (χ2n) is 8.30. The highest BCUT2D eigenvalue weighted by Gasteiger charge is 2.39. The molecule has 2 N–H and O–H groups in total. The van der Waals surface area contributed by atoms with Crippen LogP contribution in [0.1, 0.15) is 22.3 Å². The number of para-hydroxylation sites is 3. The molecule has 174 valence electrons. The second kappa shape index (κ2) is 8.90. The maximum Gasteiger partial charge on any atom is 0.349 e. The van der Waals surface area contributed by atoms with E-state index in [1.807, 2.05) is 19.1 Å². The van der Waals surface area contributed by atoms with E-state index in [0.29, 0.717) is 28.0 Å². The molecule has 2 heterocycles. The van der Waals surface area contributed by atoms with E-state index in [-0.39, 0.29) is 12.0 Å². The summed E-state index contributed by atoms with van der Waals surface area (Å²) in [6, 6.07) is 21.1. The number of hydrogen-bond acceptors (Lipinski definition) is 5. The van der Waals surface area contributed by atoms with Gasteiger partial charge in [-0.15, -0.1) is 0 Å². The molecule has 3 amide bonds. The SMILES string of the molecule is Cc1ccc(NC(=O)C[C@H]2C(=O)Nc3ccccc3N2C(=O)c2cc3ccccc3oc2=O)cc1. The van der Waals surface area contributed by atoms with E-state index < -0.39 is 29.4 Å². The molecule has 0 unspecified atom stereocenters. The largest absolute Gasteiger partial charge is 0.422 e. The van der Waals surface area contributed by atoms with Crippen LogP contribution in [0.3, 0.4) is 0 Å². The van der Waals surface area contributed by atoms with E-state index in [1.54, 1.807) is 60.7 Å². The van der Waals surface area contributed by atoms with Crippen LogP contribution in [-0.2, 0) is 9.59 Å². The van der Waals surface area contributed by atoms with Crippen molar-refractivity contribution in [3.8, 4) is 0 Å². The monoisotopic (exact) mass is 467 g/mol. The Morgan fingerprint density at radius 3 is 2.49 bits per heavy atom. The van der Waals surface area contributed by atoms with E-state index in [4.69, 9.17) is 4.42 Å². The number of fused-ring (bicyclic) bond motifs is 2. The Labute approximate surface area is 200 Å². The van der Waals surface area contributed by atoms with Crippen LogP contribution in [-0.4, -0.2) is 23.8 Å². The summed E-state index contributed by atoms with van der Waals surface area (Å²) < 4.78 is 5.34. The fourth-order valence-corrected chi connectivity index (χ4v) is 4.09. The van der Waals surface area contributed by atoms with Crippen LogP contribution < -0.4 is 21.2 Å². The summed E-state index contributed by atoms with van der Waals surface area (Å²) in [6.45, 7) is 1.93. The number of nitrogens with zero attached hydrogens (tertiary/aromatic N) is 1. The normalized spacial score (nSPS) is 14.8. The lowest BCUT2D eigenvalue weighted by Gasteiger charge is -2.36. The molecule has 1 aliphatic heterocycles. The first kappa shape index (κ1) is 22.1. The molecule has 1 aromatic heterocycles. The summed E-state index contributed by atoms with van der Waals surface area (Å²) >= 11 is 0. The molecule has 0 saturated carbocycles. The Kier molecular flexibility index (Phi) is 5.62. The lowest BCUT2D eigenvalue weighted by Crippen LogP contribution is -2.53. The van der Waals surface area contributed by atoms with Gasteiger partial charge in [-0.3, -0.25) is 19.3 Å². The van der Waals surface area contributed by atoms with Crippen molar-refractivity contribution in [3.05, 3.63) is 100 Å². The number of hydrogen-bond donors (Lipinski definition) is 2. The van der Waals surface area contributed by atoms with Gasteiger partial charge in [-0.1, -0.05) is 48.0 Å². The Balaban J connectivity index is 1.52. The first-order valence-corrected chi connectivity index (χ1v) is 11.0. The second-order valence-corrected chi connectivity index (χ2v) is 8.30. The summed E-state index contributed by atoms with van der Waals surface area (Å²) in [7, 11) is 0. The van der Waals surface area contributed by atoms with E-state index in [1.165, 1.54) is 11.0 Å². The van der Waals surface area contributed by atoms with Gasteiger partial charge in [0.25, 0.3) is 5.91 Å². The van der Waals surface area contributed by atoms with Gasteiger partial charge in [-0.25, -0.2) is 4.79 Å². The molecule has 0 spiro atoms. The maximum absolute atomic E-state index is 13.7. The van der Waals surface area contributed by atoms with Gasteiger partial charge in [0.2, 0.25) is 11.8 Å². The number of nitrogens with one attached hydrogen (secondary N) is 2. The van der Waals surface area contributed by atoms with Crippen molar-refractivity contribution in [1.29, 1.82) is 0 Å². The highest BCUT2D eigenvalue weighted by molar-refractivity contribution is 6.18. The Bertz CT molecular complexity index is 1520. The van der Waals surface area contributed by atoms with Crippen LogP contribution in [0.4, 0.5) is 17.1 Å². The van der Waals surface area contributed by atoms with Crippen LogP contribution in [0.5, 0.6) is 0 Å². The van der Waals surface area contributed by atoms with Gasteiger partial charge in [0.1, 0.15) is 17.2 Å². The van der Waals surface area contributed by atoms with Crippen molar-refractivity contribution in [2.75, 3.05) is 15.5 Å². The molecule has 5 rings (SSSR count). The molecule has 0 fully saturated rings. The van der Waals surface area contributed by atoms with Gasteiger partial charge in [-0.2, -0.15) is 0 Å². The minimum absolute atomic E-state index is 0.225. The molecule has 0 saturated heterocycles. The third-order valence-electron chi connectivity index (χ3n) is 5.84. The Morgan fingerprint density at radius 1 is 0.971 bits per heavy atom. The number of carbonyl (C=O) groups excluding carboxylic acids is 3. The van der Waals surface area contributed by atoms with Gasteiger partial charge in [0.15, 0.2) is 0 Å². The lowest BCUT2D eigenvalue weighted by molar-refractivity contribution is -0.122. The molecule has 35 heavy (non-hydrogen) atoms. The molecule has 1 aliphatic rings. The summed E-state index contributed by atoms with van der Waals surface area (Å²) in [5.74, 6) is -1.70. The average molecular weight is 467 g/mol. The molecular formula is C27H21N3O5. The molecule has 1 atom stereocenters. The summed E-state index contributed by atoms with van der Waals surface area (Å²) in [4.78, 5) is 53.5. The third kappa shape index (κ3) is 4.29. The lowest BCUT2D eigenvalue weighted by atomic mass is 10.0. The van der Waals surface area contributed by atoms with Crippen LogP contribution in [0.25, 0.3) is 11.0 Å². The smallest absolute Gasteiger partial charge is 0.349 e. The van der Waals surface area contributed by atoms with Crippen LogP contribution in [0.2, 0.25) is 0 Å². The van der Waals surface area contributed by atoms with E-state index >= 15 is 0 Å². The minimum Gasteiger partial charge on any atom is -0.422 e. The van der Waals surface area contributed by atoms with Gasteiger partial charge in [0, 0.05) is 11.1 Å². The number of rotatable bonds is 4. The summed E-state index contributed by atoms with van der Waals surface area (Å²) in [6.07, 6.45) is -0.307. The maximum atomic E-state index is 13.7. The molecule has 0 aliphatic carbocycles. The van der Waals surface area contributed by atoms with Crippen molar-refractivity contribution in [2.45, 2.75) is 19.4 Å². The van der Waals surface area contributed by atoms with Crippen LogP contribution in [0.15, 0.2) is 88.1 Å². The zero-order valence-corrected chi connectivity index (χ0v) is 18.8. The molecule has 0 bridgehead atoms. The standard InChI is InChI=1S/C27H21N3O5/c1-16-10-12-18(13-11-16)28-24(31)15-22-25(32)29-20-7-3-4-8-21(20)30(22)26(33)19-14-17-6-2-5-9-23(17)35-27(19)34/h2-14,22H,15H2,1H3,(H,28,31)(H,29,32)/t22-/m0/s1. The fourth-order valence-electron chi connectivity index (χ4n) is 4.09. The Hall–Kier alpha value is -4.72. The number of benzene rings is 3. The zero-order valence-electron chi connectivity index (χ0n) is 18.8. The predicted octanol–water partition coefficient (Wildman–Crippen LogP) is 4.10. The van der Waals surface area contributed by atoms with Gasteiger partial charge in [-0.05, 0) is 43.3 Å². The van der Waals surface area contributed by atoms with Crippen LogP contribution >= 0.6 is 0 Å². The Morgan fingerprint density at radius 2 is 1.69 bits per heavy atom. The quantitative estimate of drug-likeness (QED) is 0.440. The summed E-state index contributed by atoms with van der Waals surface area (Å²) in [5.41, 5.74) is 1.71. The van der Waals surface area contributed by atoms with E-state index in [0.717, 1.165) is 5.56 Å². The molecular weight excluding hydrogens is 446 g/mol. The van der Waals surface area contributed by atoms with Gasteiger partial charge >= 0.3 is 5.63 Å². The summed E-state index contributed by atoms with van der Waals surface area (Å²) in [5, 5.41) is 6.08. The number of anilines is 3. The highest BCUT2D eigenvalue weighted by Crippen LogP contribution is 2.34. The van der Waals surface area contributed by atoms with Gasteiger partial charge in [0.05, 0.1) is 17.8 Å². The van der Waals surface area contributed by atoms with Crippen molar-refractivity contribution in [2.24, 2.45) is 0 Å². The fraction of sp³-hybridized carbons (Fsp3) is 0.111. The van der Waals surface area contributed by atoms with Crippen LogP contribution in [0, 0.1) is 6.92 Å². The number of carbonyl (C=O) groups is 3. The molecule has 4 aromatic rings. The van der Waals surface area contributed by atoms with E-state index in [2.05, 4.69) is 10.6 Å². The molecule has 8 heteroatoms. The van der Waals surface area contributed by atoms with Crippen molar-refractivity contribution >= 4 is 45.8 Å². The van der Waals surface area contributed by atoms with Crippen molar-refractivity contribution in [1.82, 2.24) is 0 Å². The first-order valence-electron chi connectivity index (χ1n) is 11.0. The first-order chi connectivity index (χ1) is 16.9. The van der Waals surface area contributed by atoms with E-state index in [9.17, 15) is 19.2 Å². The van der Waals surface area contributed by atoms with Crippen molar-refractivity contribution in [3.63, 3.8) is 0 Å². The molecule has 3 aromatic carbocycles. The van der Waals surface area contributed by atoms with Crippen molar-refractivity contribution < 1.29 is 18.8 Å². The third-order valence-corrected chi connectivity index (χ3v) is 5.84. The molecule has 0 radical (unpaired) electrons. The zero-order chi connectivity index (χ0) is 24.5. The number of aryl methyl sites for hydroxylation is 1. The minimum atomic E-state index is -1.17. The number of amides is 3. The topological polar surface area (TPSA) is 109 Å².